The molecular formula is C17H19ClN4O. The van der Waals surface area contributed by atoms with Gasteiger partial charge in [0.2, 0.25) is 5.91 Å². The molecule has 1 heterocycles. The number of primary amides is 1. The molecule has 0 atom stereocenters. The van der Waals surface area contributed by atoms with Gasteiger partial charge in [0.25, 0.3) is 0 Å². The lowest BCUT2D eigenvalue weighted by atomic mass is 9.73. The van der Waals surface area contributed by atoms with Crippen molar-refractivity contribution in [1.29, 1.82) is 5.26 Å². The van der Waals surface area contributed by atoms with Crippen LogP contribution in [0.5, 0.6) is 0 Å². The summed E-state index contributed by atoms with van der Waals surface area (Å²) in [6, 6.07) is 7.50. The standard InChI is InChI=1S/C17H19ClN4O/c18-9-15-21-13-8-12(10-19)4-5-14(13)22(15)11-17(16(20)23)6-2-1-3-7-17/h4-5,8H,1-3,6-7,9,11H2,(H2,20,23). The monoisotopic (exact) mass is 330 g/mol. The van der Waals surface area contributed by atoms with E-state index in [2.05, 4.69) is 11.1 Å². The van der Waals surface area contributed by atoms with Crippen LogP contribution in [0.15, 0.2) is 18.2 Å². The largest absolute Gasteiger partial charge is 0.369 e. The maximum absolute atomic E-state index is 12.2. The van der Waals surface area contributed by atoms with Crippen molar-refractivity contribution in [2.24, 2.45) is 11.1 Å². The summed E-state index contributed by atoms with van der Waals surface area (Å²) < 4.78 is 2.00. The van der Waals surface area contributed by atoms with Crippen LogP contribution in [-0.4, -0.2) is 15.5 Å². The summed E-state index contributed by atoms with van der Waals surface area (Å²) in [5, 5.41) is 9.03. The van der Waals surface area contributed by atoms with E-state index >= 15 is 0 Å². The van der Waals surface area contributed by atoms with E-state index in [4.69, 9.17) is 22.6 Å². The number of aromatic nitrogens is 2. The number of benzene rings is 1. The van der Waals surface area contributed by atoms with Crippen LogP contribution in [0.4, 0.5) is 0 Å². The Kier molecular flexibility index (Phi) is 4.27. The normalized spacial score (nSPS) is 17.0. The van der Waals surface area contributed by atoms with Crippen LogP contribution in [0, 0.1) is 16.7 Å². The number of halogens is 1. The average Bonchev–Trinajstić information content (AvgIpc) is 2.92. The zero-order chi connectivity index (χ0) is 16.4. The number of hydrogen-bond acceptors (Lipinski definition) is 3. The Morgan fingerprint density at radius 3 is 2.74 bits per heavy atom. The number of amides is 1. The molecule has 1 aliphatic rings. The molecule has 1 saturated carbocycles. The molecule has 0 radical (unpaired) electrons. The summed E-state index contributed by atoms with van der Waals surface area (Å²) in [6.07, 6.45) is 4.79. The number of hydrogen-bond donors (Lipinski definition) is 1. The first-order valence-corrected chi connectivity index (χ1v) is 8.38. The molecule has 3 rings (SSSR count). The van der Waals surface area contributed by atoms with Gasteiger partial charge >= 0.3 is 0 Å². The van der Waals surface area contributed by atoms with Crippen LogP contribution in [0.3, 0.4) is 0 Å². The molecule has 1 aliphatic carbocycles. The van der Waals surface area contributed by atoms with Gasteiger partial charge in [-0.05, 0) is 31.0 Å². The van der Waals surface area contributed by atoms with Crippen molar-refractivity contribution in [2.45, 2.75) is 44.5 Å². The Morgan fingerprint density at radius 2 is 2.13 bits per heavy atom. The predicted octanol–water partition coefficient (Wildman–Crippen LogP) is 3.08. The molecular weight excluding hydrogens is 312 g/mol. The van der Waals surface area contributed by atoms with Gasteiger partial charge in [-0.3, -0.25) is 4.79 Å². The first-order valence-electron chi connectivity index (χ1n) is 7.85. The number of fused-ring (bicyclic) bond motifs is 1. The minimum absolute atomic E-state index is 0.242. The van der Waals surface area contributed by atoms with Gasteiger partial charge < -0.3 is 10.3 Å². The lowest BCUT2D eigenvalue weighted by molar-refractivity contribution is -0.130. The van der Waals surface area contributed by atoms with E-state index in [1.165, 1.54) is 0 Å². The molecule has 0 bridgehead atoms. The fourth-order valence-corrected chi connectivity index (χ4v) is 3.75. The number of rotatable bonds is 4. The van der Waals surface area contributed by atoms with Crippen molar-refractivity contribution in [2.75, 3.05) is 0 Å². The molecule has 1 aromatic carbocycles. The fourth-order valence-electron chi connectivity index (χ4n) is 3.54. The molecule has 120 valence electrons. The van der Waals surface area contributed by atoms with Crippen LogP contribution in [-0.2, 0) is 17.2 Å². The first kappa shape index (κ1) is 15.8. The number of alkyl halides is 1. The number of nitriles is 1. The lowest BCUT2D eigenvalue weighted by Crippen LogP contribution is -2.42. The SMILES string of the molecule is N#Cc1ccc2c(c1)nc(CCl)n2CC1(C(N)=O)CCCCC1. The Labute approximate surface area is 140 Å². The van der Waals surface area contributed by atoms with Crippen molar-refractivity contribution >= 4 is 28.5 Å². The third-order valence-corrected chi connectivity index (χ3v) is 5.11. The van der Waals surface area contributed by atoms with Gasteiger partial charge in [0.1, 0.15) is 5.82 Å². The van der Waals surface area contributed by atoms with Crippen molar-refractivity contribution in [3.8, 4) is 6.07 Å². The summed E-state index contributed by atoms with van der Waals surface area (Å²) in [7, 11) is 0. The molecule has 2 aromatic rings. The molecule has 1 fully saturated rings. The van der Waals surface area contributed by atoms with E-state index in [0.717, 1.165) is 43.1 Å². The molecule has 6 heteroatoms. The van der Waals surface area contributed by atoms with Crippen LogP contribution >= 0.6 is 11.6 Å². The first-order chi connectivity index (χ1) is 11.1. The van der Waals surface area contributed by atoms with E-state index in [1.54, 1.807) is 12.1 Å². The van der Waals surface area contributed by atoms with Gasteiger partial charge in [0.05, 0.1) is 34.0 Å². The third-order valence-electron chi connectivity index (χ3n) is 4.87. The van der Waals surface area contributed by atoms with Crippen molar-refractivity contribution in [3.05, 3.63) is 29.6 Å². The highest BCUT2D eigenvalue weighted by Crippen LogP contribution is 2.39. The van der Waals surface area contributed by atoms with Gasteiger partial charge in [0.15, 0.2) is 0 Å². The van der Waals surface area contributed by atoms with Crippen molar-refractivity contribution in [3.63, 3.8) is 0 Å². The smallest absolute Gasteiger partial charge is 0.225 e. The third kappa shape index (κ3) is 2.79. The summed E-state index contributed by atoms with van der Waals surface area (Å²) in [6.45, 7) is 0.507. The summed E-state index contributed by atoms with van der Waals surface area (Å²) >= 11 is 6.06. The quantitative estimate of drug-likeness (QED) is 0.874. The molecule has 2 N–H and O–H groups in total. The van der Waals surface area contributed by atoms with E-state index in [0.29, 0.717) is 17.9 Å². The minimum Gasteiger partial charge on any atom is -0.369 e. The Morgan fingerprint density at radius 1 is 1.39 bits per heavy atom. The number of imidazole rings is 1. The molecule has 23 heavy (non-hydrogen) atoms. The second-order valence-electron chi connectivity index (χ2n) is 6.27. The van der Waals surface area contributed by atoms with Crippen molar-refractivity contribution < 1.29 is 4.79 Å². The minimum atomic E-state index is -0.527. The molecule has 1 amide bonds. The lowest BCUT2D eigenvalue weighted by Gasteiger charge is -2.35. The highest BCUT2D eigenvalue weighted by molar-refractivity contribution is 6.16. The number of nitrogens with zero attached hydrogens (tertiary/aromatic N) is 3. The van der Waals surface area contributed by atoms with Crippen LogP contribution in [0.2, 0.25) is 0 Å². The van der Waals surface area contributed by atoms with E-state index in [1.807, 2.05) is 10.6 Å². The van der Waals surface area contributed by atoms with Gasteiger partial charge in [-0.25, -0.2) is 4.98 Å². The van der Waals surface area contributed by atoms with Crippen LogP contribution < -0.4 is 5.73 Å². The van der Waals surface area contributed by atoms with Crippen LogP contribution in [0.25, 0.3) is 11.0 Å². The molecule has 0 saturated heterocycles. The Hall–Kier alpha value is -2.06. The molecule has 5 nitrogen and oxygen atoms in total. The van der Waals surface area contributed by atoms with Gasteiger partial charge in [-0.2, -0.15) is 5.26 Å². The van der Waals surface area contributed by atoms with Gasteiger partial charge in [-0.1, -0.05) is 19.3 Å². The van der Waals surface area contributed by atoms with Crippen molar-refractivity contribution in [1.82, 2.24) is 9.55 Å². The fraction of sp³-hybridized carbons (Fsp3) is 0.471. The molecule has 0 aliphatic heterocycles. The number of carbonyl (C=O) groups is 1. The highest BCUT2D eigenvalue weighted by Gasteiger charge is 2.39. The van der Waals surface area contributed by atoms with E-state index < -0.39 is 5.41 Å². The zero-order valence-electron chi connectivity index (χ0n) is 12.9. The Bertz CT molecular complexity index is 784. The number of carbonyl (C=O) groups excluding carboxylic acids is 1. The maximum Gasteiger partial charge on any atom is 0.225 e. The van der Waals surface area contributed by atoms with E-state index in [-0.39, 0.29) is 11.8 Å². The molecule has 1 aromatic heterocycles. The maximum atomic E-state index is 12.2. The molecule has 0 spiro atoms. The topological polar surface area (TPSA) is 84.7 Å². The van der Waals surface area contributed by atoms with Gasteiger partial charge in [-0.15, -0.1) is 11.6 Å². The molecule has 0 unspecified atom stereocenters. The second kappa shape index (κ2) is 6.21. The van der Waals surface area contributed by atoms with Gasteiger partial charge in [0, 0.05) is 6.54 Å². The zero-order valence-corrected chi connectivity index (χ0v) is 13.6. The van der Waals surface area contributed by atoms with Crippen LogP contribution in [0.1, 0.15) is 43.5 Å². The summed E-state index contributed by atoms with van der Waals surface area (Å²) in [5.41, 5.74) is 7.41. The number of nitrogens with two attached hydrogens (primary N) is 1. The Balaban J connectivity index is 2.07. The van der Waals surface area contributed by atoms with E-state index in [9.17, 15) is 4.79 Å². The highest BCUT2D eigenvalue weighted by atomic mass is 35.5. The second-order valence-corrected chi connectivity index (χ2v) is 6.54. The summed E-state index contributed by atoms with van der Waals surface area (Å²) in [4.78, 5) is 16.7. The summed E-state index contributed by atoms with van der Waals surface area (Å²) in [5.74, 6) is 0.724. The predicted molar refractivity (Wildman–Crippen MR) is 88.7 cm³/mol. The average molecular weight is 331 g/mol.